The summed E-state index contributed by atoms with van der Waals surface area (Å²) in [6, 6.07) is 0.188. The van der Waals surface area contributed by atoms with Gasteiger partial charge in [0.25, 0.3) is 0 Å². The van der Waals surface area contributed by atoms with Crippen molar-refractivity contribution in [2.24, 2.45) is 11.1 Å². The molecule has 1 saturated heterocycles. The molecule has 1 rings (SSSR count). The second-order valence-corrected chi connectivity index (χ2v) is 5.48. The predicted molar refractivity (Wildman–Crippen MR) is 57.9 cm³/mol. The molecule has 1 amide bonds. The Morgan fingerprint density at radius 1 is 1.50 bits per heavy atom. The Morgan fingerprint density at radius 2 is 2.14 bits per heavy atom. The lowest BCUT2D eigenvalue weighted by molar-refractivity contribution is -0.134. The number of carbonyl (C=O) groups is 1. The van der Waals surface area contributed by atoms with Crippen LogP contribution in [0.3, 0.4) is 0 Å². The van der Waals surface area contributed by atoms with E-state index in [0.29, 0.717) is 6.42 Å². The van der Waals surface area contributed by atoms with Crippen molar-refractivity contribution in [2.45, 2.75) is 46.1 Å². The van der Waals surface area contributed by atoms with Crippen LogP contribution in [0, 0.1) is 5.41 Å². The number of hydrogen-bond donors (Lipinski definition) is 1. The van der Waals surface area contributed by atoms with Crippen molar-refractivity contribution in [3.63, 3.8) is 0 Å². The van der Waals surface area contributed by atoms with E-state index in [9.17, 15) is 4.79 Å². The fourth-order valence-electron chi connectivity index (χ4n) is 1.80. The van der Waals surface area contributed by atoms with E-state index >= 15 is 0 Å². The summed E-state index contributed by atoms with van der Waals surface area (Å²) in [6.45, 7) is 7.91. The zero-order valence-corrected chi connectivity index (χ0v) is 9.55. The Labute approximate surface area is 86.6 Å². The normalized spacial score (nSPS) is 23.7. The minimum atomic E-state index is 0.0820. The maximum Gasteiger partial charge on any atom is 0.223 e. The first-order chi connectivity index (χ1) is 6.38. The van der Waals surface area contributed by atoms with Crippen LogP contribution in [-0.4, -0.2) is 29.9 Å². The minimum Gasteiger partial charge on any atom is -0.341 e. The average Bonchev–Trinajstić information content (AvgIpc) is 2.01. The number of rotatable bonds is 1. The maximum absolute atomic E-state index is 11.8. The number of amides is 1. The highest BCUT2D eigenvalue weighted by Gasteiger charge is 2.24. The second-order valence-electron chi connectivity index (χ2n) is 5.48. The summed E-state index contributed by atoms with van der Waals surface area (Å²) in [6.07, 6.45) is 2.73. The van der Waals surface area contributed by atoms with E-state index in [2.05, 4.69) is 20.8 Å². The first kappa shape index (κ1) is 11.5. The van der Waals surface area contributed by atoms with Gasteiger partial charge in [0.2, 0.25) is 5.91 Å². The predicted octanol–water partition coefficient (Wildman–Crippen LogP) is 1.37. The lowest BCUT2D eigenvalue weighted by atomic mass is 9.91. The first-order valence-electron chi connectivity index (χ1n) is 5.42. The smallest absolute Gasteiger partial charge is 0.223 e. The Morgan fingerprint density at radius 3 is 2.64 bits per heavy atom. The van der Waals surface area contributed by atoms with Gasteiger partial charge >= 0.3 is 0 Å². The monoisotopic (exact) mass is 198 g/mol. The highest BCUT2D eigenvalue weighted by molar-refractivity contribution is 5.76. The molecule has 0 unspecified atom stereocenters. The molecule has 14 heavy (non-hydrogen) atoms. The van der Waals surface area contributed by atoms with Crippen LogP contribution in [0.15, 0.2) is 0 Å². The molecule has 3 heteroatoms. The van der Waals surface area contributed by atoms with Crippen molar-refractivity contribution in [3.8, 4) is 0 Å². The molecule has 0 spiro atoms. The summed E-state index contributed by atoms with van der Waals surface area (Å²) < 4.78 is 0. The van der Waals surface area contributed by atoms with Gasteiger partial charge in [-0.3, -0.25) is 4.79 Å². The van der Waals surface area contributed by atoms with Gasteiger partial charge in [-0.1, -0.05) is 20.8 Å². The van der Waals surface area contributed by atoms with Gasteiger partial charge in [0, 0.05) is 25.6 Å². The van der Waals surface area contributed by atoms with Crippen molar-refractivity contribution in [3.05, 3.63) is 0 Å². The molecule has 1 aliphatic heterocycles. The fraction of sp³-hybridized carbons (Fsp3) is 0.909. The molecule has 1 aliphatic rings. The van der Waals surface area contributed by atoms with E-state index in [1.54, 1.807) is 0 Å². The van der Waals surface area contributed by atoms with Crippen LogP contribution in [0.2, 0.25) is 0 Å². The number of carbonyl (C=O) groups excluding carboxylic acids is 1. The highest BCUT2D eigenvalue weighted by Crippen LogP contribution is 2.21. The lowest BCUT2D eigenvalue weighted by Gasteiger charge is -2.32. The van der Waals surface area contributed by atoms with Crippen molar-refractivity contribution < 1.29 is 4.79 Å². The zero-order valence-electron chi connectivity index (χ0n) is 9.55. The Kier molecular flexibility index (Phi) is 3.53. The van der Waals surface area contributed by atoms with Crippen LogP contribution >= 0.6 is 0 Å². The average molecular weight is 198 g/mol. The summed E-state index contributed by atoms with van der Waals surface area (Å²) in [4.78, 5) is 13.7. The van der Waals surface area contributed by atoms with Crippen LogP contribution in [0.4, 0.5) is 0 Å². The molecular weight excluding hydrogens is 176 g/mol. The Hall–Kier alpha value is -0.570. The number of nitrogens with two attached hydrogens (primary N) is 1. The van der Waals surface area contributed by atoms with Crippen LogP contribution in [0.1, 0.15) is 40.0 Å². The van der Waals surface area contributed by atoms with Gasteiger partial charge in [-0.2, -0.15) is 0 Å². The van der Waals surface area contributed by atoms with Gasteiger partial charge in [-0.25, -0.2) is 0 Å². The number of likely N-dealkylation sites (tertiary alicyclic amines) is 1. The molecule has 82 valence electrons. The maximum atomic E-state index is 11.8. The van der Waals surface area contributed by atoms with Gasteiger partial charge in [0.05, 0.1) is 0 Å². The summed E-state index contributed by atoms with van der Waals surface area (Å²) in [7, 11) is 0. The van der Waals surface area contributed by atoms with Gasteiger partial charge in [-0.15, -0.1) is 0 Å². The molecule has 0 radical (unpaired) electrons. The van der Waals surface area contributed by atoms with Crippen LogP contribution in [0.25, 0.3) is 0 Å². The molecular formula is C11H22N2O. The third kappa shape index (κ3) is 3.66. The van der Waals surface area contributed by atoms with Crippen molar-refractivity contribution >= 4 is 5.91 Å². The third-order valence-electron chi connectivity index (χ3n) is 2.49. The third-order valence-corrected chi connectivity index (χ3v) is 2.49. The number of nitrogens with zero attached hydrogens (tertiary/aromatic N) is 1. The minimum absolute atomic E-state index is 0.0820. The standard InChI is InChI=1S/C11H22N2O/c1-11(2,3)7-10(14)13-6-4-5-9(12)8-13/h9H,4-8,12H2,1-3H3/t9-/m0/s1. The van der Waals surface area contributed by atoms with Crippen LogP contribution < -0.4 is 5.73 Å². The van der Waals surface area contributed by atoms with E-state index in [1.165, 1.54) is 0 Å². The number of hydrogen-bond acceptors (Lipinski definition) is 2. The molecule has 1 fully saturated rings. The van der Waals surface area contributed by atoms with E-state index in [1.807, 2.05) is 4.90 Å². The first-order valence-corrected chi connectivity index (χ1v) is 5.42. The van der Waals surface area contributed by atoms with Crippen LogP contribution in [-0.2, 0) is 4.79 Å². The van der Waals surface area contributed by atoms with Crippen molar-refractivity contribution in [1.29, 1.82) is 0 Å². The van der Waals surface area contributed by atoms with Gasteiger partial charge < -0.3 is 10.6 Å². The van der Waals surface area contributed by atoms with E-state index in [0.717, 1.165) is 25.9 Å². The molecule has 0 bridgehead atoms. The molecule has 1 heterocycles. The fourth-order valence-corrected chi connectivity index (χ4v) is 1.80. The van der Waals surface area contributed by atoms with Gasteiger partial charge in [-0.05, 0) is 18.3 Å². The largest absolute Gasteiger partial charge is 0.341 e. The quantitative estimate of drug-likeness (QED) is 0.691. The topological polar surface area (TPSA) is 46.3 Å². The molecule has 0 aromatic rings. The molecule has 0 saturated carbocycles. The van der Waals surface area contributed by atoms with Crippen molar-refractivity contribution in [1.82, 2.24) is 4.90 Å². The van der Waals surface area contributed by atoms with Crippen LogP contribution in [0.5, 0.6) is 0 Å². The van der Waals surface area contributed by atoms with Gasteiger partial charge in [0.15, 0.2) is 0 Å². The number of piperidine rings is 1. The zero-order chi connectivity index (χ0) is 10.8. The SMILES string of the molecule is CC(C)(C)CC(=O)N1CCC[C@H](N)C1. The van der Waals surface area contributed by atoms with E-state index < -0.39 is 0 Å². The molecule has 0 aromatic heterocycles. The Bertz CT molecular complexity index is 208. The lowest BCUT2D eigenvalue weighted by Crippen LogP contribution is -2.46. The van der Waals surface area contributed by atoms with Crippen molar-refractivity contribution in [2.75, 3.05) is 13.1 Å². The molecule has 0 aliphatic carbocycles. The van der Waals surface area contributed by atoms with E-state index in [-0.39, 0.29) is 17.4 Å². The Balaban J connectivity index is 2.44. The molecule has 0 aromatic carbocycles. The summed E-state index contributed by atoms with van der Waals surface area (Å²) >= 11 is 0. The summed E-state index contributed by atoms with van der Waals surface area (Å²) in [5, 5.41) is 0. The summed E-state index contributed by atoms with van der Waals surface area (Å²) in [5.74, 6) is 0.257. The molecule has 2 N–H and O–H groups in total. The van der Waals surface area contributed by atoms with E-state index in [4.69, 9.17) is 5.73 Å². The van der Waals surface area contributed by atoms with Gasteiger partial charge in [0.1, 0.15) is 0 Å². The molecule has 1 atom stereocenters. The highest BCUT2D eigenvalue weighted by atomic mass is 16.2. The second kappa shape index (κ2) is 4.30. The molecule has 3 nitrogen and oxygen atoms in total. The summed E-state index contributed by atoms with van der Waals surface area (Å²) in [5.41, 5.74) is 5.91.